The number of carboxylic acid groups (broad SMARTS) is 1. The Morgan fingerprint density at radius 1 is 1.29 bits per heavy atom. The second-order valence-electron chi connectivity index (χ2n) is 4.53. The molecule has 0 fully saturated rings. The average molecular weight is 244 g/mol. The fourth-order valence-corrected chi connectivity index (χ4v) is 2.19. The maximum absolute atomic E-state index is 11.3. The molecule has 0 aromatic heterocycles. The van der Waals surface area contributed by atoms with Crippen LogP contribution < -0.4 is 5.32 Å². The molecule has 0 rings (SSSR count). The van der Waals surface area contributed by atoms with Crippen molar-refractivity contribution in [3.63, 3.8) is 0 Å². The highest BCUT2D eigenvalue weighted by atomic mass is 16.4. The number of hydrogen-bond donors (Lipinski definition) is 2. The summed E-state index contributed by atoms with van der Waals surface area (Å²) in [7, 11) is 1.74. The second kappa shape index (κ2) is 8.48. The molecule has 0 spiro atoms. The summed E-state index contributed by atoms with van der Waals surface area (Å²) in [5.74, 6) is -0.735. The van der Waals surface area contributed by atoms with E-state index in [1.165, 1.54) is 0 Å². The number of rotatable bonds is 10. The fraction of sp³-hybridized carbons (Fsp3) is 0.923. The lowest BCUT2D eigenvalue weighted by Gasteiger charge is -2.29. The maximum Gasteiger partial charge on any atom is 0.323 e. The molecule has 0 radical (unpaired) electrons. The number of nitrogens with one attached hydrogen (secondary N) is 1. The standard InChI is InChI=1S/C13H28N2O2/c1-5-10-15(7-3)11-8-9-13(6-2,14-4)12(16)17/h14H,5-11H2,1-4H3,(H,16,17). The molecule has 0 bridgehead atoms. The van der Waals surface area contributed by atoms with Crippen LogP contribution in [0.4, 0.5) is 0 Å². The van der Waals surface area contributed by atoms with Gasteiger partial charge < -0.3 is 15.3 Å². The van der Waals surface area contributed by atoms with Gasteiger partial charge in [-0.05, 0) is 52.4 Å². The minimum atomic E-state index is -0.744. The summed E-state index contributed by atoms with van der Waals surface area (Å²) in [5.41, 5.74) is -0.744. The normalized spacial score (nSPS) is 14.9. The molecule has 0 saturated heterocycles. The average Bonchev–Trinajstić information content (AvgIpc) is 2.33. The van der Waals surface area contributed by atoms with Gasteiger partial charge >= 0.3 is 5.97 Å². The molecule has 0 heterocycles. The van der Waals surface area contributed by atoms with E-state index < -0.39 is 11.5 Å². The van der Waals surface area contributed by atoms with Crippen LogP contribution in [0, 0.1) is 0 Å². The molecule has 0 aliphatic heterocycles. The van der Waals surface area contributed by atoms with Gasteiger partial charge in [0.25, 0.3) is 0 Å². The Morgan fingerprint density at radius 3 is 2.29 bits per heavy atom. The van der Waals surface area contributed by atoms with Crippen LogP contribution in [0.25, 0.3) is 0 Å². The Balaban J connectivity index is 4.18. The lowest BCUT2D eigenvalue weighted by molar-refractivity contribution is -0.145. The van der Waals surface area contributed by atoms with E-state index in [9.17, 15) is 9.90 Å². The van der Waals surface area contributed by atoms with Gasteiger partial charge in [-0.25, -0.2) is 0 Å². The summed E-state index contributed by atoms with van der Waals surface area (Å²) in [4.78, 5) is 13.7. The highest BCUT2D eigenvalue weighted by molar-refractivity contribution is 5.78. The minimum absolute atomic E-state index is 0.624. The van der Waals surface area contributed by atoms with Gasteiger partial charge in [0.1, 0.15) is 5.54 Å². The van der Waals surface area contributed by atoms with E-state index in [1.807, 2.05) is 6.92 Å². The Kier molecular flexibility index (Phi) is 8.17. The van der Waals surface area contributed by atoms with E-state index in [0.29, 0.717) is 12.8 Å². The van der Waals surface area contributed by atoms with Crippen molar-refractivity contribution in [2.24, 2.45) is 0 Å². The SMILES string of the molecule is CCCN(CC)CCCC(CC)(NC)C(=O)O. The zero-order valence-corrected chi connectivity index (χ0v) is 11.8. The number of carboxylic acids is 1. The number of likely N-dealkylation sites (N-methyl/N-ethyl adjacent to an activating group) is 1. The van der Waals surface area contributed by atoms with Crippen molar-refractivity contribution >= 4 is 5.97 Å². The first-order valence-electron chi connectivity index (χ1n) is 6.70. The summed E-state index contributed by atoms with van der Waals surface area (Å²) >= 11 is 0. The van der Waals surface area contributed by atoms with Crippen molar-refractivity contribution in [3.8, 4) is 0 Å². The van der Waals surface area contributed by atoms with Crippen LogP contribution in [0.2, 0.25) is 0 Å². The van der Waals surface area contributed by atoms with E-state index in [0.717, 1.165) is 32.5 Å². The highest BCUT2D eigenvalue weighted by Gasteiger charge is 2.34. The van der Waals surface area contributed by atoms with Crippen molar-refractivity contribution in [2.75, 3.05) is 26.7 Å². The van der Waals surface area contributed by atoms with Crippen LogP contribution in [-0.4, -0.2) is 48.2 Å². The Morgan fingerprint density at radius 2 is 1.94 bits per heavy atom. The summed E-state index contributed by atoms with van der Waals surface area (Å²) in [6, 6.07) is 0. The third-order valence-electron chi connectivity index (χ3n) is 3.56. The molecule has 0 saturated carbocycles. The molecule has 1 unspecified atom stereocenters. The third-order valence-corrected chi connectivity index (χ3v) is 3.56. The van der Waals surface area contributed by atoms with E-state index >= 15 is 0 Å². The molecule has 4 heteroatoms. The molecule has 2 N–H and O–H groups in total. The fourth-order valence-electron chi connectivity index (χ4n) is 2.19. The zero-order chi connectivity index (χ0) is 13.3. The molecular weight excluding hydrogens is 216 g/mol. The van der Waals surface area contributed by atoms with Crippen LogP contribution in [-0.2, 0) is 4.79 Å². The number of nitrogens with zero attached hydrogens (tertiary/aromatic N) is 1. The van der Waals surface area contributed by atoms with Gasteiger partial charge in [0.2, 0.25) is 0 Å². The number of hydrogen-bond acceptors (Lipinski definition) is 3. The molecule has 0 aliphatic rings. The summed E-state index contributed by atoms with van der Waals surface area (Å²) in [6.45, 7) is 9.37. The van der Waals surface area contributed by atoms with Gasteiger partial charge in [-0.2, -0.15) is 0 Å². The van der Waals surface area contributed by atoms with Crippen LogP contribution in [0.5, 0.6) is 0 Å². The van der Waals surface area contributed by atoms with Crippen molar-refractivity contribution < 1.29 is 9.90 Å². The number of carbonyl (C=O) groups is 1. The largest absolute Gasteiger partial charge is 0.480 e. The van der Waals surface area contributed by atoms with Gasteiger partial charge in [-0.1, -0.05) is 20.8 Å². The first-order chi connectivity index (χ1) is 8.06. The Labute approximate surface area is 105 Å². The molecule has 102 valence electrons. The molecule has 1 atom stereocenters. The van der Waals surface area contributed by atoms with E-state index in [4.69, 9.17) is 0 Å². The first kappa shape index (κ1) is 16.4. The molecule has 17 heavy (non-hydrogen) atoms. The van der Waals surface area contributed by atoms with Gasteiger partial charge in [0.05, 0.1) is 0 Å². The van der Waals surface area contributed by atoms with Crippen LogP contribution in [0.15, 0.2) is 0 Å². The molecule has 0 aliphatic carbocycles. The lowest BCUT2D eigenvalue weighted by atomic mass is 9.90. The second-order valence-corrected chi connectivity index (χ2v) is 4.53. The summed E-state index contributed by atoms with van der Waals surface area (Å²) < 4.78 is 0. The van der Waals surface area contributed by atoms with E-state index in [2.05, 4.69) is 24.1 Å². The molecule has 0 amide bonds. The maximum atomic E-state index is 11.3. The molecule has 0 aromatic carbocycles. The summed E-state index contributed by atoms with van der Waals surface area (Å²) in [5, 5.41) is 12.2. The summed E-state index contributed by atoms with van der Waals surface area (Å²) in [6.07, 6.45) is 3.39. The topological polar surface area (TPSA) is 52.6 Å². The molecule has 0 aromatic rings. The first-order valence-corrected chi connectivity index (χ1v) is 6.70. The predicted octanol–water partition coefficient (Wildman–Crippen LogP) is 1.95. The van der Waals surface area contributed by atoms with Gasteiger partial charge in [-0.15, -0.1) is 0 Å². The highest BCUT2D eigenvalue weighted by Crippen LogP contribution is 2.17. The Hall–Kier alpha value is -0.610. The van der Waals surface area contributed by atoms with Crippen LogP contribution in [0.3, 0.4) is 0 Å². The monoisotopic (exact) mass is 244 g/mol. The van der Waals surface area contributed by atoms with Gasteiger partial charge in [0, 0.05) is 0 Å². The molecular formula is C13H28N2O2. The quantitative estimate of drug-likeness (QED) is 0.617. The van der Waals surface area contributed by atoms with Crippen LogP contribution in [0.1, 0.15) is 46.5 Å². The predicted molar refractivity (Wildman–Crippen MR) is 71.4 cm³/mol. The zero-order valence-electron chi connectivity index (χ0n) is 11.8. The smallest absolute Gasteiger partial charge is 0.323 e. The van der Waals surface area contributed by atoms with Crippen molar-refractivity contribution in [2.45, 2.75) is 52.0 Å². The Bertz CT molecular complexity index is 215. The van der Waals surface area contributed by atoms with E-state index in [-0.39, 0.29) is 0 Å². The third kappa shape index (κ3) is 5.04. The molecule has 4 nitrogen and oxygen atoms in total. The minimum Gasteiger partial charge on any atom is -0.480 e. The van der Waals surface area contributed by atoms with Crippen molar-refractivity contribution in [3.05, 3.63) is 0 Å². The van der Waals surface area contributed by atoms with Gasteiger partial charge in [0.15, 0.2) is 0 Å². The lowest BCUT2D eigenvalue weighted by Crippen LogP contribution is -2.50. The van der Waals surface area contributed by atoms with Crippen LogP contribution >= 0.6 is 0 Å². The van der Waals surface area contributed by atoms with Crippen molar-refractivity contribution in [1.82, 2.24) is 10.2 Å². The van der Waals surface area contributed by atoms with Crippen molar-refractivity contribution in [1.29, 1.82) is 0 Å². The van der Waals surface area contributed by atoms with E-state index in [1.54, 1.807) is 7.05 Å². The number of aliphatic carboxylic acids is 1. The van der Waals surface area contributed by atoms with Gasteiger partial charge in [-0.3, -0.25) is 4.79 Å².